The molecule has 0 aromatic heterocycles. The summed E-state index contributed by atoms with van der Waals surface area (Å²) >= 11 is 0. The lowest BCUT2D eigenvalue weighted by atomic mass is 9.91. The standard InChI is InChI=1S/C15H24N2O4/c1-4-10(3)17-12(18)9-11(13(17)19)16-8-6-7-15(16,5-2)14(20)21/h10-11H,4-9H2,1-3H3,(H,20,21). The fourth-order valence-electron chi connectivity index (χ4n) is 3.64. The molecule has 0 radical (unpaired) electrons. The summed E-state index contributed by atoms with van der Waals surface area (Å²) in [5.74, 6) is -1.29. The van der Waals surface area contributed by atoms with E-state index in [-0.39, 0.29) is 24.3 Å². The van der Waals surface area contributed by atoms with Crippen molar-refractivity contribution in [3.8, 4) is 0 Å². The zero-order valence-corrected chi connectivity index (χ0v) is 13.0. The van der Waals surface area contributed by atoms with Gasteiger partial charge in [-0.2, -0.15) is 0 Å². The van der Waals surface area contributed by atoms with Crippen LogP contribution in [-0.2, 0) is 14.4 Å². The highest BCUT2D eigenvalue weighted by molar-refractivity contribution is 6.06. The molecule has 0 aliphatic carbocycles. The first kappa shape index (κ1) is 15.9. The van der Waals surface area contributed by atoms with Crippen molar-refractivity contribution < 1.29 is 19.5 Å². The number of aliphatic carboxylic acids is 1. The number of nitrogens with zero attached hydrogens (tertiary/aromatic N) is 2. The van der Waals surface area contributed by atoms with Gasteiger partial charge in [0, 0.05) is 12.6 Å². The molecule has 3 unspecified atom stereocenters. The molecule has 1 N–H and O–H groups in total. The van der Waals surface area contributed by atoms with Crippen LogP contribution in [0.25, 0.3) is 0 Å². The Labute approximate surface area is 125 Å². The molecular formula is C15H24N2O4. The number of carbonyl (C=O) groups is 3. The van der Waals surface area contributed by atoms with Crippen molar-refractivity contribution in [3.63, 3.8) is 0 Å². The normalized spacial score (nSPS) is 32.0. The Morgan fingerprint density at radius 3 is 2.62 bits per heavy atom. The molecule has 0 saturated carbocycles. The number of carboxylic acids is 1. The number of hydrogen-bond donors (Lipinski definition) is 1. The molecule has 6 nitrogen and oxygen atoms in total. The van der Waals surface area contributed by atoms with Crippen LogP contribution in [0.4, 0.5) is 0 Å². The molecule has 21 heavy (non-hydrogen) atoms. The van der Waals surface area contributed by atoms with E-state index in [1.165, 1.54) is 4.90 Å². The van der Waals surface area contributed by atoms with Crippen LogP contribution in [0.15, 0.2) is 0 Å². The topological polar surface area (TPSA) is 77.9 Å². The molecule has 3 atom stereocenters. The molecule has 2 fully saturated rings. The number of hydrogen-bond acceptors (Lipinski definition) is 4. The summed E-state index contributed by atoms with van der Waals surface area (Å²) in [4.78, 5) is 39.6. The van der Waals surface area contributed by atoms with Gasteiger partial charge in [-0.15, -0.1) is 0 Å². The van der Waals surface area contributed by atoms with E-state index in [0.29, 0.717) is 25.8 Å². The van der Waals surface area contributed by atoms with Crippen molar-refractivity contribution in [2.24, 2.45) is 0 Å². The Bertz CT molecular complexity index is 465. The number of likely N-dealkylation sites (tertiary alicyclic amines) is 2. The fourth-order valence-corrected chi connectivity index (χ4v) is 3.64. The third kappa shape index (κ3) is 2.35. The largest absolute Gasteiger partial charge is 0.480 e. The third-order valence-corrected chi connectivity index (χ3v) is 5.09. The Balaban J connectivity index is 2.28. The van der Waals surface area contributed by atoms with Gasteiger partial charge in [-0.25, -0.2) is 0 Å². The highest BCUT2D eigenvalue weighted by Crippen LogP contribution is 2.37. The van der Waals surface area contributed by atoms with E-state index in [2.05, 4.69) is 0 Å². The van der Waals surface area contributed by atoms with E-state index >= 15 is 0 Å². The summed E-state index contributed by atoms with van der Waals surface area (Å²) in [6, 6.07) is -0.733. The van der Waals surface area contributed by atoms with Crippen LogP contribution in [0.5, 0.6) is 0 Å². The van der Waals surface area contributed by atoms with Crippen molar-refractivity contribution in [2.45, 2.75) is 70.5 Å². The predicted molar refractivity (Wildman–Crippen MR) is 76.6 cm³/mol. The van der Waals surface area contributed by atoms with E-state index in [0.717, 1.165) is 6.42 Å². The minimum Gasteiger partial charge on any atom is -0.480 e. The van der Waals surface area contributed by atoms with Crippen molar-refractivity contribution in [3.05, 3.63) is 0 Å². The molecule has 0 spiro atoms. The molecule has 2 amide bonds. The Kier molecular flexibility index (Phi) is 4.37. The minimum absolute atomic E-state index is 0.109. The monoisotopic (exact) mass is 296 g/mol. The van der Waals surface area contributed by atoms with Gasteiger partial charge in [-0.3, -0.25) is 24.2 Å². The zero-order chi connectivity index (χ0) is 15.8. The molecule has 2 rings (SSSR count). The lowest BCUT2D eigenvalue weighted by Crippen LogP contribution is -2.56. The van der Waals surface area contributed by atoms with Crippen LogP contribution in [0.2, 0.25) is 0 Å². The van der Waals surface area contributed by atoms with Crippen LogP contribution < -0.4 is 0 Å². The van der Waals surface area contributed by atoms with Gasteiger partial charge in [0.2, 0.25) is 11.8 Å². The molecule has 0 aromatic carbocycles. The molecule has 2 aliphatic rings. The van der Waals surface area contributed by atoms with Gasteiger partial charge in [0.1, 0.15) is 5.54 Å². The van der Waals surface area contributed by atoms with Gasteiger partial charge in [-0.1, -0.05) is 13.8 Å². The fraction of sp³-hybridized carbons (Fsp3) is 0.800. The Morgan fingerprint density at radius 1 is 1.43 bits per heavy atom. The quantitative estimate of drug-likeness (QED) is 0.772. The number of imide groups is 1. The second kappa shape index (κ2) is 5.75. The second-order valence-corrected chi connectivity index (χ2v) is 6.07. The highest BCUT2D eigenvalue weighted by atomic mass is 16.4. The summed E-state index contributed by atoms with van der Waals surface area (Å²) in [5.41, 5.74) is -0.994. The predicted octanol–water partition coefficient (Wildman–Crippen LogP) is 1.24. The Morgan fingerprint density at radius 2 is 2.10 bits per heavy atom. The summed E-state index contributed by atoms with van der Waals surface area (Å²) in [6.45, 7) is 6.19. The molecular weight excluding hydrogens is 272 g/mol. The molecule has 0 aromatic rings. The van der Waals surface area contributed by atoms with Gasteiger partial charge < -0.3 is 5.11 Å². The van der Waals surface area contributed by atoms with Crippen LogP contribution in [0.1, 0.15) is 52.9 Å². The van der Waals surface area contributed by atoms with E-state index in [1.807, 2.05) is 20.8 Å². The summed E-state index contributed by atoms with van der Waals surface area (Å²) in [5, 5.41) is 9.62. The lowest BCUT2D eigenvalue weighted by molar-refractivity contribution is -0.153. The lowest BCUT2D eigenvalue weighted by Gasteiger charge is -2.37. The van der Waals surface area contributed by atoms with Crippen molar-refractivity contribution in [1.82, 2.24) is 9.80 Å². The van der Waals surface area contributed by atoms with Crippen LogP contribution in [0, 0.1) is 0 Å². The molecule has 2 aliphatic heterocycles. The van der Waals surface area contributed by atoms with E-state index < -0.39 is 17.6 Å². The van der Waals surface area contributed by atoms with E-state index in [4.69, 9.17) is 0 Å². The van der Waals surface area contributed by atoms with Gasteiger partial charge >= 0.3 is 5.97 Å². The average Bonchev–Trinajstić information content (AvgIpc) is 3.00. The SMILES string of the molecule is CCC(C)N1C(=O)CC(N2CCCC2(CC)C(=O)O)C1=O. The van der Waals surface area contributed by atoms with E-state index in [9.17, 15) is 19.5 Å². The molecule has 2 saturated heterocycles. The number of carboxylic acid groups (broad SMARTS) is 1. The van der Waals surface area contributed by atoms with Crippen molar-refractivity contribution in [1.29, 1.82) is 0 Å². The first-order chi connectivity index (χ1) is 9.89. The molecule has 118 valence electrons. The van der Waals surface area contributed by atoms with Gasteiger partial charge in [0.25, 0.3) is 0 Å². The number of rotatable bonds is 5. The molecule has 6 heteroatoms. The summed E-state index contributed by atoms with van der Waals surface area (Å²) < 4.78 is 0. The smallest absolute Gasteiger partial charge is 0.324 e. The van der Waals surface area contributed by atoms with Gasteiger partial charge in [0.05, 0.1) is 12.5 Å². The molecule has 2 heterocycles. The maximum absolute atomic E-state index is 12.6. The maximum atomic E-state index is 12.6. The zero-order valence-electron chi connectivity index (χ0n) is 13.0. The summed E-state index contributed by atoms with van der Waals surface area (Å²) in [7, 11) is 0. The van der Waals surface area contributed by atoms with Crippen LogP contribution in [0.3, 0.4) is 0 Å². The minimum atomic E-state index is -0.994. The van der Waals surface area contributed by atoms with Crippen molar-refractivity contribution in [2.75, 3.05) is 6.54 Å². The second-order valence-electron chi connectivity index (χ2n) is 6.07. The third-order valence-electron chi connectivity index (χ3n) is 5.09. The first-order valence-electron chi connectivity index (χ1n) is 7.75. The average molecular weight is 296 g/mol. The Hall–Kier alpha value is -1.43. The number of carbonyl (C=O) groups excluding carboxylic acids is 2. The molecule has 0 bridgehead atoms. The maximum Gasteiger partial charge on any atom is 0.324 e. The van der Waals surface area contributed by atoms with Gasteiger partial charge in [-0.05, 0) is 32.6 Å². The van der Waals surface area contributed by atoms with Crippen LogP contribution >= 0.6 is 0 Å². The van der Waals surface area contributed by atoms with E-state index in [1.54, 1.807) is 4.90 Å². The highest BCUT2D eigenvalue weighted by Gasteiger charge is 2.54. The first-order valence-corrected chi connectivity index (χ1v) is 7.75. The van der Waals surface area contributed by atoms with Crippen molar-refractivity contribution >= 4 is 17.8 Å². The van der Waals surface area contributed by atoms with Gasteiger partial charge in [0.15, 0.2) is 0 Å². The number of amides is 2. The summed E-state index contributed by atoms with van der Waals surface area (Å²) in [6.07, 6.45) is 2.56. The van der Waals surface area contributed by atoms with Crippen LogP contribution in [-0.4, -0.2) is 56.9 Å².